The second kappa shape index (κ2) is 7.56. The van der Waals surface area contributed by atoms with Crippen LogP contribution in [0.25, 0.3) is 0 Å². The highest BCUT2D eigenvalue weighted by atomic mass is 79.9. The lowest BCUT2D eigenvalue weighted by atomic mass is 10.1. The summed E-state index contributed by atoms with van der Waals surface area (Å²) in [5.74, 6) is -1.40. The molecule has 1 aromatic rings. The molecule has 0 bridgehead atoms. The lowest BCUT2D eigenvalue weighted by molar-refractivity contribution is -0.385. The maximum atomic E-state index is 13.8. The lowest BCUT2D eigenvalue weighted by Gasteiger charge is -2.35. The molecule has 1 aromatic carbocycles. The Morgan fingerprint density at radius 2 is 1.73 bits per heavy atom. The molecule has 142 valence electrons. The summed E-state index contributed by atoms with van der Waals surface area (Å²) >= 11 is 2.88. The number of halogens is 2. The van der Waals surface area contributed by atoms with Crippen molar-refractivity contribution in [1.29, 1.82) is 0 Å². The minimum atomic E-state index is -0.758. The quantitative estimate of drug-likeness (QED) is 0.529. The first kappa shape index (κ1) is 20.1. The molecule has 10 heteroatoms. The minimum absolute atomic E-state index is 0.0875. The summed E-state index contributed by atoms with van der Waals surface area (Å²) in [5.41, 5.74) is -1.42. The molecule has 1 aliphatic heterocycles. The molecule has 0 aliphatic carbocycles. The first-order chi connectivity index (χ1) is 12.0. The summed E-state index contributed by atoms with van der Waals surface area (Å²) < 4.78 is 19.0. The van der Waals surface area contributed by atoms with Gasteiger partial charge in [0.1, 0.15) is 17.0 Å². The zero-order valence-corrected chi connectivity index (χ0v) is 16.2. The van der Waals surface area contributed by atoms with Gasteiger partial charge in [-0.1, -0.05) is 0 Å². The van der Waals surface area contributed by atoms with Gasteiger partial charge in [-0.25, -0.2) is 9.18 Å². The molecule has 26 heavy (non-hydrogen) atoms. The molecular formula is C16H19BrFN3O5. The van der Waals surface area contributed by atoms with E-state index >= 15 is 0 Å². The average Bonchev–Trinajstić information content (AvgIpc) is 2.54. The van der Waals surface area contributed by atoms with Gasteiger partial charge in [0.25, 0.3) is 11.6 Å². The molecule has 0 spiro atoms. The molecule has 1 aliphatic rings. The molecule has 2 rings (SSSR count). The average molecular weight is 432 g/mol. The molecular weight excluding hydrogens is 413 g/mol. The van der Waals surface area contributed by atoms with Crippen LogP contribution in [0, 0.1) is 15.9 Å². The van der Waals surface area contributed by atoms with Crippen LogP contribution in [0.2, 0.25) is 0 Å². The van der Waals surface area contributed by atoms with Gasteiger partial charge in [-0.3, -0.25) is 14.9 Å². The topological polar surface area (TPSA) is 93.0 Å². The summed E-state index contributed by atoms with van der Waals surface area (Å²) in [7, 11) is 0. The monoisotopic (exact) mass is 431 g/mol. The Morgan fingerprint density at radius 1 is 1.19 bits per heavy atom. The summed E-state index contributed by atoms with van der Waals surface area (Å²) in [4.78, 5) is 37.9. The van der Waals surface area contributed by atoms with Crippen molar-refractivity contribution in [3.8, 4) is 0 Å². The molecule has 2 amide bonds. The molecule has 1 fully saturated rings. The SMILES string of the molecule is CC(C)(C)OC(=O)N1CCN(C(=O)c2cc(F)c(Br)cc2[N+](=O)[O-])CC1. The second-order valence-electron chi connectivity index (χ2n) is 6.80. The number of nitro benzene ring substituents is 1. The van der Waals surface area contributed by atoms with Crippen LogP contribution < -0.4 is 0 Å². The molecule has 0 radical (unpaired) electrons. The molecule has 8 nitrogen and oxygen atoms in total. The summed E-state index contributed by atoms with van der Waals surface area (Å²) in [6.45, 7) is 6.07. The number of ether oxygens (including phenoxy) is 1. The van der Waals surface area contributed by atoms with Gasteiger partial charge in [-0.15, -0.1) is 0 Å². The highest BCUT2D eigenvalue weighted by molar-refractivity contribution is 9.10. The van der Waals surface area contributed by atoms with Gasteiger partial charge < -0.3 is 14.5 Å². The third-order valence-electron chi connectivity index (χ3n) is 3.68. The van der Waals surface area contributed by atoms with E-state index in [0.717, 1.165) is 12.1 Å². The number of nitrogens with zero attached hydrogens (tertiary/aromatic N) is 3. The van der Waals surface area contributed by atoms with E-state index in [0.29, 0.717) is 0 Å². The van der Waals surface area contributed by atoms with Crippen molar-refractivity contribution >= 4 is 33.6 Å². The Bertz CT molecular complexity index is 742. The number of nitro groups is 1. The zero-order chi connectivity index (χ0) is 19.6. The van der Waals surface area contributed by atoms with Crippen molar-refractivity contribution in [3.63, 3.8) is 0 Å². The van der Waals surface area contributed by atoms with E-state index < -0.39 is 34.0 Å². The Hall–Kier alpha value is -2.23. The highest BCUT2D eigenvalue weighted by Gasteiger charge is 2.31. The van der Waals surface area contributed by atoms with Gasteiger partial charge in [0.2, 0.25) is 0 Å². The third-order valence-corrected chi connectivity index (χ3v) is 4.29. The molecule has 0 saturated carbocycles. The fourth-order valence-corrected chi connectivity index (χ4v) is 2.78. The van der Waals surface area contributed by atoms with Crippen LogP contribution in [0.3, 0.4) is 0 Å². The van der Waals surface area contributed by atoms with Crippen LogP contribution in [-0.2, 0) is 4.74 Å². The maximum Gasteiger partial charge on any atom is 0.410 e. The fraction of sp³-hybridized carbons (Fsp3) is 0.500. The molecule has 0 aromatic heterocycles. The highest BCUT2D eigenvalue weighted by Crippen LogP contribution is 2.28. The van der Waals surface area contributed by atoms with Gasteiger partial charge in [0, 0.05) is 32.2 Å². The van der Waals surface area contributed by atoms with Crippen molar-refractivity contribution in [2.75, 3.05) is 26.2 Å². The van der Waals surface area contributed by atoms with E-state index in [1.165, 1.54) is 9.80 Å². The Labute approximate surface area is 158 Å². The van der Waals surface area contributed by atoms with E-state index in [1.807, 2.05) is 0 Å². The number of hydrogen-bond acceptors (Lipinski definition) is 5. The summed E-state index contributed by atoms with van der Waals surface area (Å²) in [6.07, 6.45) is -0.481. The molecule has 0 N–H and O–H groups in total. The van der Waals surface area contributed by atoms with Gasteiger partial charge in [-0.05, 0) is 42.8 Å². The molecule has 1 heterocycles. The van der Waals surface area contributed by atoms with Crippen LogP contribution in [0.1, 0.15) is 31.1 Å². The number of benzene rings is 1. The Balaban J connectivity index is 2.11. The smallest absolute Gasteiger partial charge is 0.410 e. The van der Waals surface area contributed by atoms with Gasteiger partial charge in [0.05, 0.1) is 9.40 Å². The normalized spacial score (nSPS) is 15.0. The van der Waals surface area contributed by atoms with Crippen LogP contribution in [0.5, 0.6) is 0 Å². The van der Waals surface area contributed by atoms with Crippen LogP contribution in [-0.4, -0.2) is 58.5 Å². The maximum absolute atomic E-state index is 13.8. The van der Waals surface area contributed by atoms with Gasteiger partial charge in [0.15, 0.2) is 0 Å². The standard InChI is InChI=1S/C16H19BrFN3O5/c1-16(2,3)26-15(23)20-6-4-19(5-7-20)14(22)10-8-12(18)11(17)9-13(10)21(24)25/h8-9H,4-7H2,1-3H3. The summed E-state index contributed by atoms with van der Waals surface area (Å²) in [5, 5.41) is 11.2. The lowest BCUT2D eigenvalue weighted by Crippen LogP contribution is -2.51. The van der Waals surface area contributed by atoms with E-state index in [-0.39, 0.29) is 36.2 Å². The van der Waals surface area contributed by atoms with E-state index in [2.05, 4.69) is 15.9 Å². The Morgan fingerprint density at radius 3 is 2.23 bits per heavy atom. The van der Waals surface area contributed by atoms with Crippen molar-refractivity contribution in [1.82, 2.24) is 9.80 Å². The third kappa shape index (κ3) is 4.69. The summed E-state index contributed by atoms with van der Waals surface area (Å²) in [6, 6.07) is 1.82. The van der Waals surface area contributed by atoms with Crippen molar-refractivity contribution in [2.45, 2.75) is 26.4 Å². The Kier molecular flexibility index (Phi) is 5.84. The first-order valence-electron chi connectivity index (χ1n) is 7.90. The van der Waals surface area contributed by atoms with E-state index in [9.17, 15) is 24.1 Å². The first-order valence-corrected chi connectivity index (χ1v) is 8.69. The number of amides is 2. The second-order valence-corrected chi connectivity index (χ2v) is 7.65. The van der Waals surface area contributed by atoms with Crippen molar-refractivity contribution in [3.05, 3.63) is 38.1 Å². The number of piperazine rings is 1. The predicted octanol–water partition coefficient (Wildman–Crippen LogP) is 3.19. The largest absolute Gasteiger partial charge is 0.444 e. The predicted molar refractivity (Wildman–Crippen MR) is 94.5 cm³/mol. The number of carbonyl (C=O) groups excluding carboxylic acids is 2. The van der Waals surface area contributed by atoms with E-state index in [4.69, 9.17) is 4.74 Å². The fourth-order valence-electron chi connectivity index (χ4n) is 2.45. The number of rotatable bonds is 2. The molecule has 1 saturated heterocycles. The van der Waals surface area contributed by atoms with Gasteiger partial charge >= 0.3 is 6.09 Å². The number of hydrogen-bond donors (Lipinski definition) is 0. The van der Waals surface area contributed by atoms with Gasteiger partial charge in [-0.2, -0.15) is 0 Å². The van der Waals surface area contributed by atoms with Crippen LogP contribution in [0.4, 0.5) is 14.9 Å². The van der Waals surface area contributed by atoms with Crippen molar-refractivity contribution in [2.24, 2.45) is 0 Å². The van der Waals surface area contributed by atoms with Crippen molar-refractivity contribution < 1.29 is 23.6 Å². The minimum Gasteiger partial charge on any atom is -0.444 e. The van der Waals surface area contributed by atoms with E-state index in [1.54, 1.807) is 20.8 Å². The molecule has 0 unspecified atom stereocenters. The van der Waals surface area contributed by atoms with Crippen LogP contribution >= 0.6 is 15.9 Å². The number of carbonyl (C=O) groups is 2. The van der Waals surface area contributed by atoms with Crippen LogP contribution in [0.15, 0.2) is 16.6 Å². The molecule has 0 atom stereocenters. The zero-order valence-electron chi connectivity index (χ0n) is 14.6.